The van der Waals surface area contributed by atoms with Crippen LogP contribution in [0, 0.1) is 0 Å². The molecular weight excluding hydrogens is 807 g/mol. The van der Waals surface area contributed by atoms with Crippen molar-refractivity contribution in [3.05, 3.63) is 261 Å². The average Bonchev–Trinajstić information content (AvgIpc) is 3.38. The maximum Gasteiger partial charge on any atom is 0.188 e. The van der Waals surface area contributed by atoms with Crippen molar-refractivity contribution in [3.8, 4) is 33.8 Å². The summed E-state index contributed by atoms with van der Waals surface area (Å²) in [6.07, 6.45) is 0. The first-order valence-corrected chi connectivity index (χ1v) is 26.1. The van der Waals surface area contributed by atoms with Gasteiger partial charge in [0, 0.05) is 17.1 Å². The van der Waals surface area contributed by atoms with Gasteiger partial charge >= 0.3 is 0 Å². The zero-order valence-electron chi connectivity index (χ0n) is 35.2. The molecule has 0 bridgehead atoms. The first kappa shape index (κ1) is 38.0. The second-order valence-corrected chi connectivity index (χ2v) is 24.1. The highest BCUT2D eigenvalue weighted by molar-refractivity contribution is 7.33. The molecule has 0 aromatic heterocycles. The van der Waals surface area contributed by atoms with Gasteiger partial charge in [0.25, 0.3) is 0 Å². The summed E-state index contributed by atoms with van der Waals surface area (Å²) < 4.78 is 6.85. The Morgan fingerprint density at radius 2 is 0.609 bits per heavy atom. The van der Waals surface area contributed by atoms with E-state index in [0.717, 1.165) is 28.6 Å². The second kappa shape index (κ2) is 15.5. The highest BCUT2D eigenvalue weighted by Gasteiger charge is 2.59. The van der Waals surface area contributed by atoms with Gasteiger partial charge in [-0.2, -0.15) is 0 Å². The number of fused-ring (bicyclic) bond motifs is 8. The third kappa shape index (κ3) is 5.84. The quantitative estimate of drug-likeness (QED) is 0.148. The van der Waals surface area contributed by atoms with Gasteiger partial charge in [-0.1, -0.05) is 212 Å². The van der Waals surface area contributed by atoms with Crippen LogP contribution in [0.1, 0.15) is 0 Å². The molecule has 10 aromatic carbocycles. The van der Waals surface area contributed by atoms with Crippen molar-refractivity contribution < 1.29 is 4.74 Å². The smallest absolute Gasteiger partial charge is 0.188 e. The lowest BCUT2D eigenvalue weighted by atomic mass is 10.0. The predicted molar refractivity (Wildman–Crippen MR) is 273 cm³/mol. The molecule has 0 radical (unpaired) electrons. The van der Waals surface area contributed by atoms with Crippen molar-refractivity contribution in [2.45, 2.75) is 0 Å². The van der Waals surface area contributed by atoms with E-state index in [1.54, 1.807) is 0 Å². The first-order chi connectivity index (χ1) is 31.7. The predicted octanol–water partition coefficient (Wildman–Crippen LogP) is 9.66. The highest BCUT2D eigenvalue weighted by Crippen LogP contribution is 2.37. The fraction of sp³-hybridized carbons (Fsp3) is 0. The average molecular weight is 850 g/mol. The summed E-state index contributed by atoms with van der Waals surface area (Å²) in [7, 11) is -5.91. The van der Waals surface area contributed by atoms with E-state index in [1.807, 2.05) is 0 Å². The Hall–Kier alpha value is -7.77. The van der Waals surface area contributed by atoms with Crippen LogP contribution in [0.5, 0.6) is 11.5 Å². The summed E-state index contributed by atoms with van der Waals surface area (Å²) >= 11 is 0. The van der Waals surface area contributed by atoms with Crippen LogP contribution in [0.25, 0.3) is 22.3 Å². The van der Waals surface area contributed by atoms with Gasteiger partial charge in [0.2, 0.25) is 0 Å². The number of hydrogen-bond acceptors (Lipinski definition) is 2. The molecule has 0 unspecified atom stereocenters. The van der Waals surface area contributed by atoms with Gasteiger partial charge in [0.05, 0.1) is 0 Å². The van der Waals surface area contributed by atoms with E-state index in [2.05, 4.69) is 266 Å². The van der Waals surface area contributed by atoms with E-state index in [9.17, 15) is 0 Å². The van der Waals surface area contributed by atoms with Crippen LogP contribution in [0.15, 0.2) is 261 Å². The molecule has 10 aromatic rings. The summed E-state index contributed by atoms with van der Waals surface area (Å²) in [6, 6.07) is 96.7. The van der Waals surface area contributed by atoms with Crippen LogP contribution in [0.3, 0.4) is 0 Å². The maximum atomic E-state index is 6.85. The van der Waals surface area contributed by atoms with Crippen molar-refractivity contribution in [1.82, 2.24) is 0 Å². The van der Waals surface area contributed by atoms with Crippen LogP contribution >= 0.6 is 0 Å². The van der Waals surface area contributed by atoms with Gasteiger partial charge in [-0.3, -0.25) is 0 Å². The lowest BCUT2D eigenvalue weighted by molar-refractivity contribution is 0.487. The van der Waals surface area contributed by atoms with Crippen molar-refractivity contribution >= 4 is 74.7 Å². The Morgan fingerprint density at radius 1 is 0.250 bits per heavy atom. The number of anilines is 3. The monoisotopic (exact) mass is 849 g/mol. The van der Waals surface area contributed by atoms with Crippen LogP contribution in [-0.4, -0.2) is 16.1 Å². The summed E-state index contributed by atoms with van der Waals surface area (Å²) in [4.78, 5) is 2.35. The van der Waals surface area contributed by atoms with Crippen molar-refractivity contribution in [3.63, 3.8) is 0 Å². The van der Waals surface area contributed by atoms with Gasteiger partial charge in [-0.15, -0.1) is 0 Å². The first-order valence-electron chi connectivity index (χ1n) is 22.1. The molecule has 64 heavy (non-hydrogen) atoms. The third-order valence-electron chi connectivity index (χ3n) is 13.5. The largest absolute Gasteiger partial charge is 0.458 e. The molecule has 12 rings (SSSR count). The Kier molecular flexibility index (Phi) is 9.22. The molecule has 2 heterocycles. The molecule has 0 aliphatic carbocycles. The van der Waals surface area contributed by atoms with Gasteiger partial charge in [-0.05, 0) is 112 Å². The standard InChI is InChI=1S/C60H43NOSi2/c1-5-19-44(20-6-1)45-33-38-49(39-34-45)61(48-21-7-2-8-22-48)50-40-35-46(36-41-50)47-37-42-59-60(43-47)64(55-29-15-13-27-53(55)62-54-28-14-16-30-56(54)64)58-32-18-17-31-57(58)63(59,51-23-9-3-10-24-51)52-25-11-4-12-26-52/h1-43H. The summed E-state index contributed by atoms with van der Waals surface area (Å²) in [5.74, 6) is 1.91. The van der Waals surface area contributed by atoms with Gasteiger partial charge in [0.15, 0.2) is 16.1 Å². The maximum absolute atomic E-state index is 6.85. The fourth-order valence-corrected chi connectivity index (χ4v) is 23.1. The van der Waals surface area contributed by atoms with Crippen LogP contribution in [-0.2, 0) is 0 Å². The SMILES string of the molecule is c1ccc(-c2ccc(N(c3ccccc3)c3ccc(-c4ccc5c(c4)[Si]4(c6ccccc6Oc6ccccc64)c4ccccc4[Si]5(c4ccccc4)c4ccccc4)cc3)cc2)cc1. The third-order valence-corrected chi connectivity index (χ3v) is 23.8. The van der Waals surface area contributed by atoms with Crippen molar-refractivity contribution in [2.24, 2.45) is 0 Å². The van der Waals surface area contributed by atoms with Gasteiger partial charge in [-0.25, -0.2) is 0 Å². The number of rotatable bonds is 7. The lowest BCUT2D eigenvalue weighted by Gasteiger charge is -2.50. The van der Waals surface area contributed by atoms with E-state index in [1.165, 1.54) is 63.7 Å². The summed E-state index contributed by atoms with van der Waals surface area (Å²) in [6.45, 7) is 0. The number of ether oxygens (including phenoxy) is 1. The van der Waals surface area contributed by atoms with E-state index in [0.29, 0.717) is 0 Å². The molecule has 2 aliphatic heterocycles. The fourth-order valence-electron chi connectivity index (χ4n) is 10.8. The van der Waals surface area contributed by atoms with Gasteiger partial charge in [0.1, 0.15) is 11.5 Å². The molecule has 4 heteroatoms. The molecule has 2 nitrogen and oxygen atoms in total. The minimum absolute atomic E-state index is 0.953. The summed E-state index contributed by atoms with van der Waals surface area (Å²) in [5.41, 5.74) is 8.13. The summed E-state index contributed by atoms with van der Waals surface area (Å²) in [5, 5.41) is 11.2. The zero-order valence-corrected chi connectivity index (χ0v) is 37.2. The van der Waals surface area contributed by atoms with Crippen LogP contribution < -0.4 is 51.1 Å². The molecule has 302 valence electrons. The number of benzene rings is 10. The molecule has 0 N–H and O–H groups in total. The second-order valence-electron chi connectivity index (χ2n) is 16.8. The minimum Gasteiger partial charge on any atom is -0.458 e. The van der Waals surface area contributed by atoms with E-state index in [-0.39, 0.29) is 0 Å². The minimum atomic E-state index is -3.02. The number of nitrogens with zero attached hydrogens (tertiary/aromatic N) is 1. The Balaban J connectivity index is 1.08. The number of para-hydroxylation sites is 3. The molecule has 0 saturated heterocycles. The molecule has 0 fully saturated rings. The molecule has 1 spiro atoms. The van der Waals surface area contributed by atoms with Crippen molar-refractivity contribution in [1.29, 1.82) is 0 Å². The van der Waals surface area contributed by atoms with Gasteiger partial charge < -0.3 is 9.64 Å². The van der Waals surface area contributed by atoms with Crippen LogP contribution in [0.2, 0.25) is 0 Å². The molecule has 0 saturated carbocycles. The van der Waals surface area contributed by atoms with E-state index >= 15 is 0 Å². The van der Waals surface area contributed by atoms with Crippen molar-refractivity contribution in [2.75, 3.05) is 4.90 Å². The zero-order chi connectivity index (χ0) is 42.5. The van der Waals surface area contributed by atoms with E-state index < -0.39 is 16.1 Å². The van der Waals surface area contributed by atoms with Crippen LogP contribution in [0.4, 0.5) is 17.1 Å². The Morgan fingerprint density at radius 3 is 1.14 bits per heavy atom. The topological polar surface area (TPSA) is 12.5 Å². The molecule has 2 aliphatic rings. The molecular formula is C60H43NOSi2. The Bertz CT molecular complexity index is 3200. The molecule has 0 amide bonds. The van der Waals surface area contributed by atoms with E-state index in [4.69, 9.17) is 4.74 Å². The normalized spacial score (nSPS) is 13.7. The Labute approximate surface area is 377 Å². The highest BCUT2D eigenvalue weighted by atomic mass is 28.3. The number of hydrogen-bond donors (Lipinski definition) is 0. The molecule has 0 atom stereocenters. The lowest BCUT2D eigenvalue weighted by Crippen LogP contribution is -2.93.